The van der Waals surface area contributed by atoms with Crippen molar-refractivity contribution in [2.24, 2.45) is 0 Å². The Hall–Kier alpha value is -1.50. The first-order valence-corrected chi connectivity index (χ1v) is 6.61. The van der Waals surface area contributed by atoms with Crippen LogP contribution in [0, 0.1) is 0 Å². The molecular formula is C13H17F3N2O2. The molecule has 0 amide bonds. The van der Waals surface area contributed by atoms with Crippen molar-refractivity contribution in [3.05, 3.63) is 23.5 Å². The smallest absolute Gasteiger partial charge is 0.432 e. The van der Waals surface area contributed by atoms with Gasteiger partial charge >= 0.3 is 12.1 Å². The summed E-state index contributed by atoms with van der Waals surface area (Å²) in [7, 11) is 0. The lowest BCUT2D eigenvalue weighted by molar-refractivity contribution is -0.144. The van der Waals surface area contributed by atoms with Gasteiger partial charge in [-0.15, -0.1) is 0 Å². The van der Waals surface area contributed by atoms with Crippen molar-refractivity contribution in [3.8, 4) is 0 Å². The quantitative estimate of drug-likeness (QED) is 0.927. The van der Waals surface area contributed by atoms with E-state index in [0.29, 0.717) is 6.54 Å². The van der Waals surface area contributed by atoms with E-state index in [4.69, 9.17) is 5.11 Å². The number of likely N-dealkylation sites (tertiary alicyclic amines) is 1. The number of carbonyl (C=O) groups is 1. The maximum Gasteiger partial charge on any atom is 0.432 e. The third-order valence-electron chi connectivity index (χ3n) is 3.57. The van der Waals surface area contributed by atoms with Crippen LogP contribution >= 0.6 is 0 Å². The molecule has 1 aliphatic rings. The zero-order valence-corrected chi connectivity index (χ0v) is 11.0. The molecule has 1 aliphatic heterocycles. The van der Waals surface area contributed by atoms with Crippen molar-refractivity contribution in [2.75, 3.05) is 19.6 Å². The van der Waals surface area contributed by atoms with Crippen molar-refractivity contribution in [3.63, 3.8) is 0 Å². The number of carboxylic acids is 1. The molecule has 0 aromatic carbocycles. The normalized spacial score (nSPS) is 17.4. The van der Waals surface area contributed by atoms with Crippen molar-refractivity contribution in [1.82, 2.24) is 9.47 Å². The molecule has 0 saturated carbocycles. The van der Waals surface area contributed by atoms with E-state index in [1.807, 2.05) is 0 Å². The third kappa shape index (κ3) is 3.33. The van der Waals surface area contributed by atoms with E-state index in [1.165, 1.54) is 6.20 Å². The van der Waals surface area contributed by atoms with Crippen molar-refractivity contribution in [1.29, 1.82) is 0 Å². The lowest BCUT2D eigenvalue weighted by Gasteiger charge is -2.27. The second-order valence-electron chi connectivity index (χ2n) is 4.98. The van der Waals surface area contributed by atoms with Crippen LogP contribution in [0.2, 0.25) is 0 Å². The SMILES string of the molecule is O=C(O)c1ccn(CCN2CCCCC2)c1C(F)(F)F. The van der Waals surface area contributed by atoms with Crippen molar-refractivity contribution in [2.45, 2.75) is 32.0 Å². The molecule has 1 fully saturated rings. The highest BCUT2D eigenvalue weighted by Crippen LogP contribution is 2.33. The summed E-state index contributed by atoms with van der Waals surface area (Å²) in [6.07, 6.45) is -0.150. The summed E-state index contributed by atoms with van der Waals surface area (Å²) in [4.78, 5) is 13.0. The fourth-order valence-corrected chi connectivity index (χ4v) is 2.58. The van der Waals surface area contributed by atoms with Crippen molar-refractivity contribution < 1.29 is 23.1 Å². The summed E-state index contributed by atoms with van der Waals surface area (Å²) < 4.78 is 39.9. The highest BCUT2D eigenvalue weighted by atomic mass is 19.4. The molecule has 0 bridgehead atoms. The fourth-order valence-electron chi connectivity index (χ4n) is 2.58. The molecule has 4 nitrogen and oxygen atoms in total. The minimum Gasteiger partial charge on any atom is -0.478 e. The summed E-state index contributed by atoms with van der Waals surface area (Å²) >= 11 is 0. The molecule has 1 aromatic rings. The second-order valence-corrected chi connectivity index (χ2v) is 4.98. The van der Waals surface area contributed by atoms with Crippen molar-refractivity contribution >= 4 is 5.97 Å². The molecule has 0 spiro atoms. The van der Waals surface area contributed by atoms with Gasteiger partial charge in [-0.3, -0.25) is 0 Å². The molecule has 2 heterocycles. The molecule has 0 atom stereocenters. The average Bonchev–Trinajstić information content (AvgIpc) is 2.81. The Morgan fingerprint density at radius 1 is 1.20 bits per heavy atom. The first-order chi connectivity index (χ1) is 9.39. The number of alkyl halides is 3. The number of hydrogen-bond donors (Lipinski definition) is 1. The van der Waals surface area contributed by atoms with E-state index in [0.717, 1.165) is 43.0 Å². The van der Waals surface area contributed by atoms with E-state index in [1.54, 1.807) is 0 Å². The van der Waals surface area contributed by atoms with E-state index >= 15 is 0 Å². The zero-order valence-electron chi connectivity index (χ0n) is 11.0. The van der Waals surface area contributed by atoms with Gasteiger partial charge < -0.3 is 14.6 Å². The predicted octanol–water partition coefficient (Wildman–Crippen LogP) is 2.69. The monoisotopic (exact) mass is 290 g/mol. The van der Waals surface area contributed by atoms with E-state index < -0.39 is 23.4 Å². The van der Waals surface area contributed by atoms with Crippen LogP contribution in [0.5, 0.6) is 0 Å². The van der Waals surface area contributed by atoms with Gasteiger partial charge in [0.2, 0.25) is 0 Å². The van der Waals surface area contributed by atoms with Crippen LogP contribution in [0.4, 0.5) is 13.2 Å². The largest absolute Gasteiger partial charge is 0.478 e. The predicted molar refractivity (Wildman–Crippen MR) is 66.7 cm³/mol. The van der Waals surface area contributed by atoms with Crippen LogP contribution in [-0.4, -0.2) is 40.2 Å². The Bertz CT molecular complexity index is 476. The highest BCUT2D eigenvalue weighted by Gasteiger charge is 2.39. The Labute approximate surface area is 114 Å². The van der Waals surface area contributed by atoms with Crippen LogP contribution in [0.25, 0.3) is 0 Å². The summed E-state index contributed by atoms with van der Waals surface area (Å²) in [5.74, 6) is -1.55. The molecule has 1 N–H and O–H groups in total. The van der Waals surface area contributed by atoms with E-state index in [-0.39, 0.29) is 6.54 Å². The maximum atomic E-state index is 13.0. The lowest BCUT2D eigenvalue weighted by atomic mass is 10.1. The minimum atomic E-state index is -4.65. The number of aromatic nitrogens is 1. The minimum absolute atomic E-state index is 0.155. The number of aromatic carboxylic acids is 1. The van der Waals surface area contributed by atoms with Gasteiger partial charge in [0, 0.05) is 19.3 Å². The van der Waals surface area contributed by atoms with E-state index in [2.05, 4.69) is 4.90 Å². The van der Waals surface area contributed by atoms with Crippen LogP contribution < -0.4 is 0 Å². The molecule has 0 radical (unpaired) electrons. The van der Waals surface area contributed by atoms with Gasteiger partial charge in [-0.2, -0.15) is 13.2 Å². The van der Waals surface area contributed by atoms with Gasteiger partial charge in [-0.1, -0.05) is 6.42 Å². The third-order valence-corrected chi connectivity index (χ3v) is 3.57. The molecule has 2 rings (SSSR count). The fraction of sp³-hybridized carbons (Fsp3) is 0.615. The van der Waals surface area contributed by atoms with Gasteiger partial charge in [-0.05, 0) is 32.0 Å². The number of halogens is 3. The van der Waals surface area contributed by atoms with Gasteiger partial charge in [-0.25, -0.2) is 4.79 Å². The molecule has 112 valence electrons. The number of nitrogens with zero attached hydrogens (tertiary/aromatic N) is 2. The molecule has 7 heteroatoms. The summed E-state index contributed by atoms with van der Waals surface area (Å²) in [6.45, 7) is 2.46. The topological polar surface area (TPSA) is 45.5 Å². The standard InChI is InChI=1S/C13H17F3N2O2/c14-13(15,16)11-10(12(19)20)4-7-18(11)9-8-17-5-2-1-3-6-17/h4,7H,1-3,5-6,8-9H2,(H,19,20). The van der Waals surface area contributed by atoms with Gasteiger partial charge in [0.25, 0.3) is 0 Å². The molecule has 20 heavy (non-hydrogen) atoms. The lowest BCUT2D eigenvalue weighted by Crippen LogP contribution is -2.33. The van der Waals surface area contributed by atoms with Crippen LogP contribution in [-0.2, 0) is 12.7 Å². The number of hydrogen-bond acceptors (Lipinski definition) is 2. The summed E-state index contributed by atoms with van der Waals surface area (Å²) in [5, 5.41) is 8.84. The van der Waals surface area contributed by atoms with Crippen LogP contribution in [0.3, 0.4) is 0 Å². The molecule has 1 saturated heterocycles. The molecule has 0 aliphatic carbocycles. The Morgan fingerprint density at radius 2 is 1.85 bits per heavy atom. The Kier molecular flexibility index (Phi) is 4.37. The zero-order chi connectivity index (χ0) is 14.8. The first kappa shape index (κ1) is 14.9. The molecule has 0 unspecified atom stereocenters. The van der Waals surface area contributed by atoms with Gasteiger partial charge in [0.05, 0.1) is 5.56 Å². The van der Waals surface area contributed by atoms with E-state index in [9.17, 15) is 18.0 Å². The number of rotatable bonds is 4. The van der Waals surface area contributed by atoms with Crippen LogP contribution in [0.15, 0.2) is 12.3 Å². The molecular weight excluding hydrogens is 273 g/mol. The Morgan fingerprint density at radius 3 is 2.40 bits per heavy atom. The Balaban J connectivity index is 2.12. The highest BCUT2D eigenvalue weighted by molar-refractivity contribution is 5.89. The van der Waals surface area contributed by atoms with Gasteiger partial charge in [0.1, 0.15) is 5.69 Å². The van der Waals surface area contributed by atoms with Gasteiger partial charge in [0.15, 0.2) is 0 Å². The second kappa shape index (κ2) is 5.87. The number of carboxylic acid groups (broad SMARTS) is 1. The maximum absolute atomic E-state index is 13.0. The first-order valence-electron chi connectivity index (χ1n) is 6.61. The average molecular weight is 290 g/mol. The summed E-state index contributed by atoms with van der Waals surface area (Å²) in [6, 6.07) is 1.02. The van der Waals surface area contributed by atoms with Crippen LogP contribution in [0.1, 0.15) is 35.3 Å². The molecule has 1 aromatic heterocycles. The summed E-state index contributed by atoms with van der Waals surface area (Å²) in [5.41, 5.74) is -1.75. The number of piperidine rings is 1.